The third kappa shape index (κ3) is 19.3. The van der Waals surface area contributed by atoms with Gasteiger partial charge in [0.2, 0.25) is 0 Å². The Morgan fingerprint density at radius 1 is 0.136 bits per heavy atom. The van der Waals surface area contributed by atoms with Crippen LogP contribution in [0.3, 0.4) is 0 Å². The molecular formula is C74H60O2P4W. The third-order valence-electron chi connectivity index (χ3n) is 12.2. The second-order valence-electron chi connectivity index (χ2n) is 17.4. The van der Waals surface area contributed by atoms with E-state index in [0.717, 1.165) is 0 Å². The van der Waals surface area contributed by atoms with Crippen molar-refractivity contribution in [3.63, 3.8) is 0 Å². The maximum Gasteiger partial charge on any atom is 0.281 e. The van der Waals surface area contributed by atoms with Gasteiger partial charge in [0.05, 0.1) is 0 Å². The van der Waals surface area contributed by atoms with E-state index in [2.05, 4.69) is 378 Å². The average Bonchev–Trinajstić information content (AvgIpc) is 3.56. The third-order valence-corrected chi connectivity index (χ3v) is 21.9. The molecule has 12 aromatic carbocycles. The summed E-state index contributed by atoms with van der Waals surface area (Å²) in [5.74, 6) is 0. The molecule has 394 valence electrons. The summed E-state index contributed by atoms with van der Waals surface area (Å²) in [7, 11) is -1.78. The molecule has 0 unspecified atom stereocenters. The zero-order valence-corrected chi connectivity index (χ0v) is 51.2. The predicted octanol–water partition coefficient (Wildman–Crippen LogP) is 13.0. The molecule has 0 amide bonds. The van der Waals surface area contributed by atoms with Crippen LogP contribution in [0, 0.1) is 0 Å². The van der Waals surface area contributed by atoms with Crippen molar-refractivity contribution in [1.82, 2.24) is 0 Å². The maximum absolute atomic E-state index is 7.50. The number of hydrogen-bond donors (Lipinski definition) is 0. The molecule has 0 aliphatic heterocycles. The van der Waals surface area contributed by atoms with Crippen LogP contribution in [0.2, 0.25) is 0 Å². The van der Waals surface area contributed by atoms with Crippen LogP contribution in [0.25, 0.3) is 0 Å². The average molecular weight is 1290 g/mol. The Morgan fingerprint density at radius 3 is 0.259 bits per heavy atom. The maximum atomic E-state index is 7.50. The van der Waals surface area contributed by atoms with Gasteiger partial charge < -0.3 is 0 Å². The van der Waals surface area contributed by atoms with E-state index in [-0.39, 0.29) is 21.1 Å². The monoisotopic (exact) mass is 1290 g/mol. The summed E-state index contributed by atoms with van der Waals surface area (Å²) in [6.45, 7) is 9.00. The molecule has 0 saturated heterocycles. The first-order valence-electron chi connectivity index (χ1n) is 26.0. The fraction of sp³-hybridized carbons (Fsp3) is 0. The predicted molar refractivity (Wildman–Crippen MR) is 352 cm³/mol. The van der Waals surface area contributed by atoms with Crippen LogP contribution in [0.4, 0.5) is 0 Å². The number of hydrogen-bond acceptors (Lipinski definition) is 2. The molecule has 12 aromatic rings. The molecule has 0 N–H and O–H groups in total. The molecule has 81 heavy (non-hydrogen) atoms. The summed E-state index contributed by atoms with van der Waals surface area (Å²) in [6.07, 6.45) is 0. The van der Waals surface area contributed by atoms with Gasteiger partial charge in [0, 0.05) is 21.1 Å². The summed E-state index contributed by atoms with van der Waals surface area (Å²) in [5.41, 5.74) is 0. The normalized spacial score (nSPS) is 10.0. The van der Waals surface area contributed by atoms with Crippen molar-refractivity contribution in [3.8, 4) is 0 Å². The smallest absolute Gasteiger partial charge is 0.281 e. The van der Waals surface area contributed by atoms with Gasteiger partial charge in [0.15, 0.2) is 0 Å². The van der Waals surface area contributed by atoms with Gasteiger partial charge in [-0.2, -0.15) is 0 Å². The molecule has 4 radical (unpaired) electrons. The summed E-state index contributed by atoms with van der Waals surface area (Å²) in [6, 6.07) is 129. The fourth-order valence-corrected chi connectivity index (χ4v) is 17.9. The van der Waals surface area contributed by atoms with Crippen molar-refractivity contribution in [1.29, 1.82) is 0 Å². The molecule has 0 atom stereocenters. The summed E-state index contributed by atoms with van der Waals surface area (Å²) >= 11 is 0. The molecule has 7 heteroatoms. The Kier molecular flexibility index (Phi) is 28.3. The molecular weight excluding hydrogens is 1230 g/mol. The van der Waals surface area contributed by atoms with Crippen molar-refractivity contribution in [2.75, 3.05) is 0 Å². The van der Waals surface area contributed by atoms with Crippen LogP contribution in [-0.4, -0.2) is 13.6 Å². The van der Waals surface area contributed by atoms with Gasteiger partial charge in [-0.1, -0.05) is 364 Å². The van der Waals surface area contributed by atoms with Crippen LogP contribution >= 0.6 is 31.7 Å². The molecule has 0 bridgehead atoms. The van der Waals surface area contributed by atoms with Crippen LogP contribution in [0.1, 0.15) is 0 Å². The zero-order valence-electron chi connectivity index (χ0n) is 44.7. The molecule has 2 nitrogen and oxygen atoms in total. The first-order chi connectivity index (χ1) is 39.8. The molecule has 0 aliphatic carbocycles. The van der Waals surface area contributed by atoms with Crippen molar-refractivity contribution < 1.29 is 30.7 Å². The summed E-state index contributed by atoms with van der Waals surface area (Å²) < 4.78 is 0. The number of carbonyl (C=O) groups excluding carboxylic acids is 2. The molecule has 0 fully saturated rings. The molecule has 0 heterocycles. The minimum absolute atomic E-state index is 0. The standard InChI is InChI=1S/4C18H15P.2CO.W/c4*1-4-10-16(11-5-1)19(17-12-6-2-7-13-17)18-14-8-3-9-15-18;2*1-2;/h4*1-15H;;;. The molecule has 0 aliphatic rings. The Labute approximate surface area is 500 Å². The molecule has 0 saturated carbocycles. The van der Waals surface area contributed by atoms with E-state index in [1.165, 1.54) is 63.7 Å². The summed E-state index contributed by atoms with van der Waals surface area (Å²) in [5, 5.41) is 16.8. The van der Waals surface area contributed by atoms with Crippen molar-refractivity contribution >= 4 is 109 Å². The van der Waals surface area contributed by atoms with E-state index in [0.29, 0.717) is 0 Å². The minimum Gasteiger partial charge on any atom is -0.281 e. The minimum atomic E-state index is -0.446. The van der Waals surface area contributed by atoms with Crippen LogP contribution < -0.4 is 63.7 Å². The van der Waals surface area contributed by atoms with Gasteiger partial charge >= 0.3 is 0 Å². The van der Waals surface area contributed by atoms with Crippen LogP contribution in [0.5, 0.6) is 0 Å². The van der Waals surface area contributed by atoms with E-state index < -0.39 is 31.7 Å². The van der Waals surface area contributed by atoms with Gasteiger partial charge in [-0.05, 0) is 95.3 Å². The van der Waals surface area contributed by atoms with Gasteiger partial charge in [0.25, 0.3) is 13.6 Å². The fourth-order valence-electron chi connectivity index (χ4n) is 8.71. The van der Waals surface area contributed by atoms with Gasteiger partial charge in [-0.15, -0.1) is 0 Å². The van der Waals surface area contributed by atoms with Crippen molar-refractivity contribution in [2.24, 2.45) is 0 Å². The van der Waals surface area contributed by atoms with E-state index in [9.17, 15) is 0 Å². The zero-order chi connectivity index (χ0) is 55.7. The first-order valence-corrected chi connectivity index (χ1v) is 31.4. The van der Waals surface area contributed by atoms with E-state index in [1.54, 1.807) is 0 Å². The van der Waals surface area contributed by atoms with Crippen LogP contribution in [0.15, 0.2) is 364 Å². The molecule has 12 rings (SSSR count). The van der Waals surface area contributed by atoms with Gasteiger partial charge in [-0.3, -0.25) is 9.59 Å². The number of rotatable bonds is 12. The Balaban J connectivity index is 0.000000170. The SMILES string of the molecule is [C]=O.[C]=O.[W].c1ccc(P(c2ccccc2)c2ccccc2)cc1.c1ccc(P(c2ccccc2)c2ccccc2)cc1.c1ccc(P(c2ccccc2)c2ccccc2)cc1.c1ccc(P(c2ccccc2)c2ccccc2)cc1. The van der Waals surface area contributed by atoms with E-state index >= 15 is 0 Å². The second-order valence-corrected chi connectivity index (χ2v) is 26.2. The molecule has 0 spiro atoms. The Bertz CT molecular complexity index is 2630. The Morgan fingerprint density at radius 2 is 0.198 bits per heavy atom. The largest absolute Gasteiger partial charge is 0.281 e. The first kappa shape index (κ1) is 62.6. The van der Waals surface area contributed by atoms with Gasteiger partial charge in [-0.25, -0.2) is 0 Å². The van der Waals surface area contributed by atoms with Crippen LogP contribution in [-0.2, 0) is 30.7 Å². The topological polar surface area (TPSA) is 34.1 Å². The second kappa shape index (κ2) is 36.6. The van der Waals surface area contributed by atoms with E-state index in [1.807, 2.05) is 0 Å². The quantitative estimate of drug-likeness (QED) is 0.114. The molecule has 0 aromatic heterocycles. The number of benzene rings is 12. The van der Waals surface area contributed by atoms with Gasteiger partial charge in [0.1, 0.15) is 0 Å². The van der Waals surface area contributed by atoms with Crippen molar-refractivity contribution in [3.05, 3.63) is 364 Å². The van der Waals surface area contributed by atoms with E-state index in [4.69, 9.17) is 9.59 Å². The van der Waals surface area contributed by atoms with Crippen molar-refractivity contribution in [2.45, 2.75) is 0 Å². The Hall–Kier alpha value is -7.61. The summed E-state index contributed by atoms with van der Waals surface area (Å²) in [4.78, 5) is 15.0.